The highest BCUT2D eigenvalue weighted by Crippen LogP contribution is 2.36. The van der Waals surface area contributed by atoms with E-state index in [4.69, 9.17) is 27.6 Å². The van der Waals surface area contributed by atoms with Gasteiger partial charge in [-0.2, -0.15) is 10.5 Å². The lowest BCUT2D eigenvalue weighted by molar-refractivity contribution is 0.0344. The molecule has 2 N–H and O–H groups in total. The minimum absolute atomic E-state index is 0.0209. The van der Waals surface area contributed by atoms with E-state index in [1.54, 1.807) is 41.5 Å². The number of rotatable bonds is 3. The van der Waals surface area contributed by atoms with Crippen molar-refractivity contribution in [2.75, 3.05) is 23.8 Å². The Morgan fingerprint density at radius 3 is 1.69 bits per heavy atom. The minimum Gasteiger partial charge on any atom is -0.444 e. The van der Waals surface area contributed by atoms with Crippen LogP contribution < -0.4 is 16.1 Å². The molecule has 4 aromatic rings. The number of hydrogen-bond donors (Lipinski definition) is 2. The molecule has 0 saturated carbocycles. The zero-order valence-electron chi connectivity index (χ0n) is 28.1. The normalized spacial score (nSPS) is 14.3. The van der Waals surface area contributed by atoms with E-state index in [0.717, 1.165) is 0 Å². The maximum absolute atomic E-state index is 14.4. The first-order valence-electron chi connectivity index (χ1n) is 14.9. The molecule has 0 aliphatic carbocycles. The molecule has 5 rings (SSSR count). The SMILES string of the molecule is CC(C)(C)OC(=O)Nc1oc2c(F)ccc(Br)c2c1C#N.CC1(C)COB(c2ccc(F)c3oc(NC(=O)OC(C)(C)C)c(C#N)c23)OC1. The summed E-state index contributed by atoms with van der Waals surface area (Å²) in [5, 5.41) is 24.0. The van der Waals surface area contributed by atoms with Crippen molar-refractivity contribution in [3.8, 4) is 12.1 Å². The van der Waals surface area contributed by atoms with Gasteiger partial charge in [0.05, 0.1) is 5.39 Å². The summed E-state index contributed by atoms with van der Waals surface area (Å²) in [6, 6.07) is 9.24. The fraction of sp³-hybridized carbons (Fsp3) is 0.394. The lowest BCUT2D eigenvalue weighted by Gasteiger charge is -2.33. The van der Waals surface area contributed by atoms with Gasteiger partial charge in [-0.25, -0.2) is 18.4 Å². The van der Waals surface area contributed by atoms with Crippen molar-refractivity contribution in [1.29, 1.82) is 10.5 Å². The number of hydrogen-bond acceptors (Lipinski definition) is 10. The van der Waals surface area contributed by atoms with Crippen LogP contribution in [0.15, 0.2) is 37.6 Å². The fourth-order valence-electron chi connectivity index (χ4n) is 4.58. The third-order valence-electron chi connectivity index (χ3n) is 6.52. The first kappa shape index (κ1) is 37.2. The molecule has 258 valence electrons. The Morgan fingerprint density at radius 2 is 1.24 bits per heavy atom. The number of nitriles is 2. The lowest BCUT2D eigenvalue weighted by atomic mass is 9.73. The molecule has 0 unspecified atom stereocenters. The number of nitrogens with one attached hydrogen (secondary N) is 2. The Morgan fingerprint density at radius 1 is 0.816 bits per heavy atom. The monoisotopic (exact) mass is 742 g/mol. The maximum Gasteiger partial charge on any atom is 0.494 e. The van der Waals surface area contributed by atoms with Crippen LogP contribution in [0.4, 0.5) is 30.1 Å². The Labute approximate surface area is 289 Å². The topological polar surface area (TPSA) is 169 Å². The number of ether oxygens (including phenoxy) is 2. The molecule has 1 aliphatic rings. The molecular formula is C33H34BBrF2N4O8. The summed E-state index contributed by atoms with van der Waals surface area (Å²) >= 11 is 3.23. The average Bonchev–Trinajstić information content (AvgIpc) is 3.53. The Balaban J connectivity index is 0.000000230. The Hall–Kier alpha value is -4.64. The molecule has 12 nitrogen and oxygen atoms in total. The van der Waals surface area contributed by atoms with E-state index in [-0.39, 0.29) is 50.2 Å². The average molecular weight is 743 g/mol. The molecule has 1 aliphatic heterocycles. The van der Waals surface area contributed by atoms with E-state index < -0.39 is 42.1 Å². The van der Waals surface area contributed by atoms with Gasteiger partial charge in [-0.3, -0.25) is 10.6 Å². The molecule has 2 aromatic heterocycles. The van der Waals surface area contributed by atoms with Gasteiger partial charge in [0, 0.05) is 28.5 Å². The highest BCUT2D eigenvalue weighted by atomic mass is 79.9. The van der Waals surface area contributed by atoms with Gasteiger partial charge in [0.15, 0.2) is 22.8 Å². The van der Waals surface area contributed by atoms with E-state index in [1.165, 1.54) is 24.3 Å². The summed E-state index contributed by atoms with van der Waals surface area (Å²) < 4.78 is 61.1. The fourth-order valence-corrected chi connectivity index (χ4v) is 5.09. The zero-order chi connectivity index (χ0) is 36.5. The van der Waals surface area contributed by atoms with Crippen molar-refractivity contribution in [3.05, 3.63) is 51.5 Å². The Bertz CT molecular complexity index is 1990. The van der Waals surface area contributed by atoms with Crippen LogP contribution in [0.2, 0.25) is 0 Å². The van der Waals surface area contributed by atoms with Crippen molar-refractivity contribution in [1.82, 2.24) is 0 Å². The molecule has 3 heterocycles. The lowest BCUT2D eigenvalue weighted by Crippen LogP contribution is -2.47. The van der Waals surface area contributed by atoms with Crippen LogP contribution in [0, 0.1) is 39.7 Å². The van der Waals surface area contributed by atoms with E-state index >= 15 is 0 Å². The quantitative estimate of drug-likeness (QED) is 0.196. The third kappa shape index (κ3) is 8.89. The highest BCUT2D eigenvalue weighted by molar-refractivity contribution is 9.10. The molecule has 0 radical (unpaired) electrons. The number of nitrogens with zero attached hydrogens (tertiary/aromatic N) is 2. The van der Waals surface area contributed by atoms with E-state index in [1.807, 2.05) is 26.0 Å². The molecule has 1 saturated heterocycles. The number of carbonyl (C=O) groups is 2. The molecule has 16 heteroatoms. The van der Waals surface area contributed by atoms with E-state index in [2.05, 4.69) is 26.6 Å². The summed E-state index contributed by atoms with van der Waals surface area (Å²) in [6.45, 7) is 15.1. The van der Waals surface area contributed by atoms with Crippen LogP contribution in [0.5, 0.6) is 0 Å². The van der Waals surface area contributed by atoms with E-state index in [9.17, 15) is 28.9 Å². The largest absolute Gasteiger partial charge is 0.494 e. The second-order valence-corrected chi connectivity index (χ2v) is 14.6. The van der Waals surface area contributed by atoms with Crippen LogP contribution in [0.3, 0.4) is 0 Å². The number of furan rings is 2. The van der Waals surface area contributed by atoms with Gasteiger partial charge in [-0.15, -0.1) is 0 Å². The van der Waals surface area contributed by atoms with Gasteiger partial charge in [0.1, 0.15) is 34.5 Å². The molecule has 2 amide bonds. The number of halogens is 3. The number of benzene rings is 2. The zero-order valence-corrected chi connectivity index (χ0v) is 29.7. The smallest absolute Gasteiger partial charge is 0.444 e. The molecule has 2 aromatic carbocycles. The first-order valence-corrected chi connectivity index (χ1v) is 15.7. The van der Waals surface area contributed by atoms with Crippen LogP contribution in [-0.2, 0) is 18.8 Å². The number of carbonyl (C=O) groups excluding carboxylic acids is 2. The maximum atomic E-state index is 14.4. The summed E-state index contributed by atoms with van der Waals surface area (Å²) in [7, 11) is -0.768. The van der Waals surface area contributed by atoms with E-state index in [0.29, 0.717) is 23.1 Å². The van der Waals surface area contributed by atoms with Crippen LogP contribution >= 0.6 is 15.9 Å². The highest BCUT2D eigenvalue weighted by Gasteiger charge is 2.37. The molecular weight excluding hydrogens is 709 g/mol. The molecule has 49 heavy (non-hydrogen) atoms. The first-order chi connectivity index (χ1) is 22.7. The van der Waals surface area contributed by atoms with Gasteiger partial charge < -0.3 is 27.6 Å². The summed E-state index contributed by atoms with van der Waals surface area (Å²) in [5.41, 5.74) is -1.37. The summed E-state index contributed by atoms with van der Waals surface area (Å²) in [5.74, 6) is -1.62. The third-order valence-corrected chi connectivity index (χ3v) is 7.18. The number of amides is 2. The number of fused-ring (bicyclic) bond motifs is 2. The predicted octanol–water partition coefficient (Wildman–Crippen LogP) is 8.11. The second kappa shape index (κ2) is 14.1. The predicted molar refractivity (Wildman–Crippen MR) is 180 cm³/mol. The molecule has 0 spiro atoms. The molecule has 0 bridgehead atoms. The minimum atomic E-state index is -0.808. The second-order valence-electron chi connectivity index (χ2n) is 13.8. The Kier molecular flexibility index (Phi) is 10.7. The van der Waals surface area contributed by atoms with Gasteiger partial charge in [-0.1, -0.05) is 19.9 Å². The van der Waals surface area contributed by atoms with Crippen molar-refractivity contribution in [2.45, 2.75) is 66.6 Å². The van der Waals surface area contributed by atoms with Crippen LogP contribution in [0.25, 0.3) is 21.9 Å². The van der Waals surface area contributed by atoms with Gasteiger partial charge in [0.2, 0.25) is 11.8 Å². The molecule has 1 fully saturated rings. The molecule has 0 atom stereocenters. The van der Waals surface area contributed by atoms with Gasteiger partial charge >= 0.3 is 19.3 Å². The van der Waals surface area contributed by atoms with Crippen molar-refractivity contribution < 1.29 is 46.0 Å². The summed E-state index contributed by atoms with van der Waals surface area (Å²) in [6.07, 6.45) is -1.59. The van der Waals surface area contributed by atoms with Crippen LogP contribution in [0.1, 0.15) is 66.5 Å². The van der Waals surface area contributed by atoms with Crippen molar-refractivity contribution in [2.24, 2.45) is 5.41 Å². The van der Waals surface area contributed by atoms with Crippen LogP contribution in [-0.4, -0.2) is 43.7 Å². The van der Waals surface area contributed by atoms with Crippen molar-refractivity contribution in [3.63, 3.8) is 0 Å². The summed E-state index contributed by atoms with van der Waals surface area (Å²) in [4.78, 5) is 23.8. The number of anilines is 2. The van der Waals surface area contributed by atoms with Crippen molar-refractivity contribution >= 4 is 74.4 Å². The van der Waals surface area contributed by atoms with Gasteiger partial charge in [0.25, 0.3) is 0 Å². The standard InChI is InChI=1S/C19H22BFN2O5.C14H12BrFN2O3/c1-18(2,3)28-17(24)23-16-11(8-22)14-12(6-7-13(21)15(14)27-16)20-25-9-19(4,5)10-26-20;1-14(2,3)21-13(19)18-12-7(6-17)10-8(15)4-5-9(16)11(10)20-12/h6-7H,9-10H2,1-5H3,(H,23,24);4-5H,1-3H3,(H,18,19). The van der Waals surface area contributed by atoms with Gasteiger partial charge in [-0.05, 0) is 81.1 Å².